The van der Waals surface area contributed by atoms with Crippen LogP contribution < -0.4 is 11.1 Å². The maximum Gasteiger partial charge on any atom is 0.472 e. The maximum atomic E-state index is 12.6. The molecule has 0 aromatic carbocycles. The van der Waals surface area contributed by atoms with Crippen LogP contribution in [0.2, 0.25) is 0 Å². The van der Waals surface area contributed by atoms with E-state index in [1.54, 1.807) is 0 Å². The van der Waals surface area contributed by atoms with Crippen molar-refractivity contribution in [2.75, 3.05) is 19.8 Å². The molecule has 0 heterocycles. The van der Waals surface area contributed by atoms with Gasteiger partial charge in [-0.3, -0.25) is 13.8 Å². The first-order valence-electron chi connectivity index (χ1n) is 16.8. The summed E-state index contributed by atoms with van der Waals surface area (Å²) in [5, 5.41) is 13.6. The second-order valence-electron chi connectivity index (χ2n) is 11.4. The molecule has 0 aliphatic heterocycles. The molecule has 0 aliphatic carbocycles. The van der Waals surface area contributed by atoms with Crippen LogP contribution in [-0.2, 0) is 18.4 Å². The molecule has 8 nitrogen and oxygen atoms in total. The summed E-state index contributed by atoms with van der Waals surface area (Å²) < 4.78 is 22.0. The summed E-state index contributed by atoms with van der Waals surface area (Å²) in [6.45, 7) is 4.11. The van der Waals surface area contributed by atoms with Crippen molar-refractivity contribution >= 4 is 13.7 Å². The van der Waals surface area contributed by atoms with Crippen LogP contribution in [0.15, 0.2) is 12.2 Å². The van der Waals surface area contributed by atoms with Crippen LogP contribution in [0, 0.1) is 0 Å². The molecule has 3 unspecified atom stereocenters. The van der Waals surface area contributed by atoms with Crippen LogP contribution in [0.3, 0.4) is 0 Å². The largest absolute Gasteiger partial charge is 0.472 e. The Morgan fingerprint density at radius 2 is 1.32 bits per heavy atom. The van der Waals surface area contributed by atoms with E-state index >= 15 is 0 Å². The maximum absolute atomic E-state index is 12.6. The second kappa shape index (κ2) is 29.3. The Bertz CT molecular complexity index is 664. The number of nitrogens with two attached hydrogens (primary N) is 1. The van der Waals surface area contributed by atoms with Gasteiger partial charge in [-0.05, 0) is 32.1 Å². The fourth-order valence-electron chi connectivity index (χ4n) is 4.78. The van der Waals surface area contributed by atoms with Crippen molar-refractivity contribution in [3.05, 3.63) is 12.2 Å². The highest BCUT2D eigenvalue weighted by Crippen LogP contribution is 2.43. The van der Waals surface area contributed by atoms with Gasteiger partial charge in [0.05, 0.1) is 25.4 Å². The van der Waals surface area contributed by atoms with Crippen molar-refractivity contribution in [2.45, 2.75) is 167 Å². The quantitative estimate of drug-likeness (QED) is 0.0357. The van der Waals surface area contributed by atoms with Gasteiger partial charge in [0, 0.05) is 13.0 Å². The molecule has 244 valence electrons. The van der Waals surface area contributed by atoms with Crippen molar-refractivity contribution in [3.8, 4) is 0 Å². The van der Waals surface area contributed by atoms with Gasteiger partial charge in [-0.15, -0.1) is 0 Å². The summed E-state index contributed by atoms with van der Waals surface area (Å²) in [6.07, 6.45) is 27.9. The average molecular weight is 605 g/mol. The number of amides is 1. The number of carbonyl (C=O) groups is 1. The van der Waals surface area contributed by atoms with Gasteiger partial charge in [0.2, 0.25) is 5.91 Å². The molecule has 0 fully saturated rings. The molecule has 1 amide bonds. The smallest absolute Gasteiger partial charge is 0.391 e. The average Bonchev–Trinajstić information content (AvgIpc) is 2.95. The molecule has 0 aliphatic rings. The van der Waals surface area contributed by atoms with Crippen molar-refractivity contribution in [1.82, 2.24) is 5.32 Å². The lowest BCUT2D eigenvalue weighted by Gasteiger charge is -2.25. The first-order valence-corrected chi connectivity index (χ1v) is 18.3. The van der Waals surface area contributed by atoms with Crippen molar-refractivity contribution in [3.63, 3.8) is 0 Å². The molecule has 3 atom stereocenters. The highest BCUT2D eigenvalue weighted by molar-refractivity contribution is 7.47. The van der Waals surface area contributed by atoms with Gasteiger partial charge in [-0.1, -0.05) is 129 Å². The highest BCUT2D eigenvalue weighted by Gasteiger charge is 2.27. The van der Waals surface area contributed by atoms with Crippen LogP contribution in [0.5, 0.6) is 0 Å². The standard InChI is InChI=1S/C32H65N2O6P/c1-3-5-7-9-11-13-15-16-17-19-21-23-25-31(35)30(29-40-41(37,38)39-28-27-33)34-32(36)26-24-22-20-18-14-12-10-8-6-4-2/h8,10,30-31,35H,3-7,9,11-29,33H2,1-2H3,(H,34,36)(H,37,38)/b10-8-. The summed E-state index contributed by atoms with van der Waals surface area (Å²) in [7, 11) is -4.30. The molecule has 0 rings (SSSR count). The third kappa shape index (κ3) is 27.8. The number of unbranched alkanes of at least 4 members (excludes halogenated alkanes) is 17. The summed E-state index contributed by atoms with van der Waals surface area (Å²) in [4.78, 5) is 22.5. The van der Waals surface area contributed by atoms with Crippen molar-refractivity contribution in [2.24, 2.45) is 5.73 Å². The van der Waals surface area contributed by atoms with E-state index in [0.717, 1.165) is 57.8 Å². The Morgan fingerprint density at radius 1 is 0.780 bits per heavy atom. The Balaban J connectivity index is 4.34. The fourth-order valence-corrected chi connectivity index (χ4v) is 5.54. The van der Waals surface area contributed by atoms with E-state index < -0.39 is 20.0 Å². The second-order valence-corrected chi connectivity index (χ2v) is 12.8. The Morgan fingerprint density at radius 3 is 1.90 bits per heavy atom. The van der Waals surface area contributed by atoms with Gasteiger partial charge in [0.25, 0.3) is 0 Å². The van der Waals surface area contributed by atoms with Crippen LogP contribution in [0.25, 0.3) is 0 Å². The van der Waals surface area contributed by atoms with Gasteiger partial charge >= 0.3 is 7.82 Å². The third-order valence-corrected chi connectivity index (χ3v) is 8.33. The molecule has 9 heteroatoms. The summed E-state index contributed by atoms with van der Waals surface area (Å²) in [6, 6.07) is -0.771. The number of rotatable bonds is 31. The lowest BCUT2D eigenvalue weighted by Crippen LogP contribution is -2.46. The first kappa shape index (κ1) is 40.2. The summed E-state index contributed by atoms with van der Waals surface area (Å²) >= 11 is 0. The molecular weight excluding hydrogens is 539 g/mol. The number of aliphatic hydroxyl groups is 1. The molecule has 0 saturated heterocycles. The third-order valence-electron chi connectivity index (χ3n) is 7.35. The SMILES string of the molecule is CCC/C=C\CCCCCCCC(=O)NC(COP(=O)(O)OCCN)C(O)CCCCCCCCCCCCCC. The van der Waals surface area contributed by atoms with Crippen LogP contribution in [0.1, 0.15) is 155 Å². The number of hydrogen-bond donors (Lipinski definition) is 4. The van der Waals surface area contributed by atoms with E-state index in [4.69, 9.17) is 14.8 Å². The number of allylic oxidation sites excluding steroid dienone is 2. The predicted octanol–water partition coefficient (Wildman–Crippen LogP) is 8.10. The topological polar surface area (TPSA) is 131 Å². The number of phosphoric ester groups is 1. The van der Waals surface area contributed by atoms with Crippen molar-refractivity contribution in [1.29, 1.82) is 0 Å². The minimum Gasteiger partial charge on any atom is -0.391 e. The van der Waals surface area contributed by atoms with Gasteiger partial charge < -0.3 is 21.1 Å². The fraction of sp³-hybridized carbons (Fsp3) is 0.906. The predicted molar refractivity (Wildman–Crippen MR) is 171 cm³/mol. The van der Waals surface area contributed by atoms with Gasteiger partial charge in [0.15, 0.2) is 0 Å². The molecule has 41 heavy (non-hydrogen) atoms. The lowest BCUT2D eigenvalue weighted by atomic mass is 10.0. The molecule has 0 radical (unpaired) electrons. The van der Waals surface area contributed by atoms with E-state index in [2.05, 4.69) is 31.3 Å². The minimum atomic E-state index is -4.30. The van der Waals surface area contributed by atoms with Crippen LogP contribution in [0.4, 0.5) is 0 Å². The van der Waals surface area contributed by atoms with Gasteiger partial charge in [-0.25, -0.2) is 4.57 Å². The normalized spacial score (nSPS) is 14.8. The van der Waals surface area contributed by atoms with Crippen LogP contribution >= 0.6 is 7.82 Å². The van der Waals surface area contributed by atoms with Gasteiger partial charge in [-0.2, -0.15) is 0 Å². The van der Waals surface area contributed by atoms with Crippen molar-refractivity contribution < 1.29 is 28.4 Å². The Labute approximate surface area is 252 Å². The zero-order chi connectivity index (χ0) is 30.4. The number of aliphatic hydroxyl groups excluding tert-OH is 1. The number of hydrogen-bond acceptors (Lipinski definition) is 6. The first-order chi connectivity index (χ1) is 19.9. The molecule has 0 saturated carbocycles. The Hall–Kier alpha value is -0.760. The number of carbonyl (C=O) groups excluding carboxylic acids is 1. The molecule has 0 bridgehead atoms. The zero-order valence-corrected chi connectivity index (χ0v) is 27.4. The summed E-state index contributed by atoms with van der Waals surface area (Å²) in [5.74, 6) is -0.175. The summed E-state index contributed by atoms with van der Waals surface area (Å²) in [5.41, 5.74) is 5.34. The molecule has 5 N–H and O–H groups in total. The van der Waals surface area contributed by atoms with E-state index in [9.17, 15) is 19.4 Å². The van der Waals surface area contributed by atoms with Crippen LogP contribution in [-0.4, -0.2) is 47.8 Å². The molecule has 0 aromatic heterocycles. The molecular formula is C32H65N2O6P. The van der Waals surface area contributed by atoms with E-state index in [1.807, 2.05) is 0 Å². The minimum absolute atomic E-state index is 0.0885. The highest BCUT2D eigenvalue weighted by atomic mass is 31.2. The monoisotopic (exact) mass is 604 g/mol. The molecule has 0 spiro atoms. The van der Waals surface area contributed by atoms with E-state index in [-0.39, 0.29) is 25.7 Å². The lowest BCUT2D eigenvalue weighted by molar-refractivity contribution is -0.123. The Kier molecular flexibility index (Phi) is 28.8. The zero-order valence-electron chi connectivity index (χ0n) is 26.5. The number of nitrogens with one attached hydrogen (secondary N) is 1. The molecule has 0 aromatic rings. The van der Waals surface area contributed by atoms with E-state index in [1.165, 1.54) is 70.6 Å². The number of phosphoric acid groups is 1. The van der Waals surface area contributed by atoms with Gasteiger partial charge in [0.1, 0.15) is 0 Å². The van der Waals surface area contributed by atoms with E-state index in [0.29, 0.717) is 12.8 Å².